The first-order valence-electron chi connectivity index (χ1n) is 8.79. The van der Waals surface area contributed by atoms with Crippen molar-refractivity contribution in [1.29, 1.82) is 0 Å². The lowest BCUT2D eigenvalue weighted by atomic mass is 10.1. The Morgan fingerprint density at radius 2 is 1.74 bits per heavy atom. The van der Waals surface area contributed by atoms with Crippen LogP contribution in [-0.2, 0) is 11.0 Å². The lowest BCUT2D eigenvalue weighted by molar-refractivity contribution is -0.137. The molecule has 0 spiro atoms. The molecule has 0 unspecified atom stereocenters. The molecule has 1 fully saturated rings. The quantitative estimate of drug-likeness (QED) is 0.868. The van der Waals surface area contributed by atoms with Crippen LogP contribution in [0.5, 0.6) is 0 Å². The van der Waals surface area contributed by atoms with E-state index in [1.54, 1.807) is 11.1 Å². The summed E-state index contributed by atoms with van der Waals surface area (Å²) < 4.78 is 38.9. The van der Waals surface area contributed by atoms with Crippen LogP contribution in [-0.4, -0.2) is 48.5 Å². The van der Waals surface area contributed by atoms with Gasteiger partial charge in [-0.2, -0.15) is 13.2 Å². The van der Waals surface area contributed by atoms with Crippen molar-refractivity contribution in [3.05, 3.63) is 54.2 Å². The number of nitrogens with zero attached hydrogens (tertiary/aromatic N) is 3. The van der Waals surface area contributed by atoms with Gasteiger partial charge in [-0.3, -0.25) is 4.79 Å². The topological polar surface area (TPSA) is 48.5 Å². The van der Waals surface area contributed by atoms with E-state index in [2.05, 4.69) is 15.2 Å². The Morgan fingerprint density at radius 3 is 2.41 bits per heavy atom. The van der Waals surface area contributed by atoms with E-state index in [0.29, 0.717) is 26.2 Å². The number of aromatic nitrogens is 1. The summed E-state index contributed by atoms with van der Waals surface area (Å²) in [6.07, 6.45) is -2.54. The number of halogens is 3. The zero-order valence-corrected chi connectivity index (χ0v) is 14.7. The van der Waals surface area contributed by atoms with Gasteiger partial charge in [-0.1, -0.05) is 18.2 Å². The van der Waals surface area contributed by atoms with E-state index in [1.165, 1.54) is 18.2 Å². The summed E-state index contributed by atoms with van der Waals surface area (Å²) in [6.45, 7) is 2.69. The maximum atomic E-state index is 13.0. The molecule has 1 saturated heterocycles. The van der Waals surface area contributed by atoms with Gasteiger partial charge in [-0.25, -0.2) is 4.98 Å². The van der Waals surface area contributed by atoms with E-state index < -0.39 is 11.7 Å². The largest absolute Gasteiger partial charge is 0.418 e. The Morgan fingerprint density at radius 1 is 1.04 bits per heavy atom. The fourth-order valence-corrected chi connectivity index (χ4v) is 3.07. The Kier molecular flexibility index (Phi) is 5.83. The third kappa shape index (κ3) is 4.90. The number of nitrogens with one attached hydrogen (secondary N) is 1. The number of hydrogen-bond donors (Lipinski definition) is 1. The van der Waals surface area contributed by atoms with Gasteiger partial charge in [0.1, 0.15) is 5.82 Å². The molecule has 2 aromatic rings. The van der Waals surface area contributed by atoms with Crippen molar-refractivity contribution < 1.29 is 18.0 Å². The van der Waals surface area contributed by atoms with Crippen molar-refractivity contribution in [2.45, 2.75) is 12.6 Å². The molecule has 3 rings (SSSR count). The lowest BCUT2D eigenvalue weighted by Gasteiger charge is -2.35. The Hall–Kier alpha value is -2.77. The van der Waals surface area contributed by atoms with E-state index in [4.69, 9.17) is 0 Å². The first-order chi connectivity index (χ1) is 12.9. The van der Waals surface area contributed by atoms with Crippen molar-refractivity contribution in [1.82, 2.24) is 9.88 Å². The van der Waals surface area contributed by atoms with Crippen LogP contribution in [0.3, 0.4) is 0 Å². The van der Waals surface area contributed by atoms with Gasteiger partial charge in [0.15, 0.2) is 0 Å². The molecule has 2 heterocycles. The number of para-hydroxylation sites is 1. The van der Waals surface area contributed by atoms with Gasteiger partial charge in [-0.15, -0.1) is 0 Å². The summed E-state index contributed by atoms with van der Waals surface area (Å²) in [5.41, 5.74) is -0.723. The van der Waals surface area contributed by atoms with Crippen LogP contribution in [0.2, 0.25) is 0 Å². The molecule has 1 amide bonds. The van der Waals surface area contributed by atoms with Crippen LogP contribution in [0.4, 0.5) is 24.7 Å². The summed E-state index contributed by atoms with van der Waals surface area (Å²) in [7, 11) is 0. The highest BCUT2D eigenvalue weighted by molar-refractivity contribution is 5.77. The average molecular weight is 378 g/mol. The van der Waals surface area contributed by atoms with Gasteiger partial charge in [0.05, 0.1) is 5.56 Å². The fraction of sp³-hybridized carbons (Fsp3) is 0.368. The molecule has 1 aliphatic heterocycles. The van der Waals surface area contributed by atoms with Gasteiger partial charge in [-0.05, 0) is 24.3 Å². The first kappa shape index (κ1) is 19.0. The monoisotopic (exact) mass is 378 g/mol. The molecule has 1 aromatic heterocycles. The Bertz CT molecular complexity index is 759. The van der Waals surface area contributed by atoms with Crippen LogP contribution >= 0.6 is 0 Å². The molecule has 8 heteroatoms. The van der Waals surface area contributed by atoms with Gasteiger partial charge in [0, 0.05) is 51.0 Å². The third-order valence-corrected chi connectivity index (χ3v) is 4.49. The highest BCUT2D eigenvalue weighted by Gasteiger charge is 2.33. The zero-order valence-electron chi connectivity index (χ0n) is 14.7. The summed E-state index contributed by atoms with van der Waals surface area (Å²) in [5, 5.41) is 2.74. The standard InChI is InChI=1S/C19H21F3N4O/c20-19(21,22)15-5-1-2-6-16(15)23-10-8-18(27)26-13-11-25(12-14-26)17-7-3-4-9-24-17/h1-7,9,23H,8,10-14H2. The summed E-state index contributed by atoms with van der Waals surface area (Å²) >= 11 is 0. The highest BCUT2D eigenvalue weighted by atomic mass is 19.4. The molecular weight excluding hydrogens is 357 g/mol. The molecule has 0 atom stereocenters. The second kappa shape index (κ2) is 8.28. The molecule has 0 radical (unpaired) electrons. The maximum Gasteiger partial charge on any atom is 0.418 e. The number of alkyl halides is 3. The minimum atomic E-state index is -4.42. The minimum absolute atomic E-state index is 0.00206. The molecule has 1 aromatic carbocycles. The summed E-state index contributed by atoms with van der Waals surface area (Å²) in [6, 6.07) is 11.0. The molecule has 0 saturated carbocycles. The Balaban J connectivity index is 1.47. The average Bonchev–Trinajstić information content (AvgIpc) is 2.68. The third-order valence-electron chi connectivity index (χ3n) is 4.49. The second-order valence-electron chi connectivity index (χ2n) is 6.28. The van der Waals surface area contributed by atoms with Crippen LogP contribution in [0.15, 0.2) is 48.7 Å². The molecule has 144 valence electrons. The number of pyridine rings is 1. The number of anilines is 2. The lowest BCUT2D eigenvalue weighted by Crippen LogP contribution is -2.49. The number of carbonyl (C=O) groups excluding carboxylic acids is 1. The Labute approximate surface area is 155 Å². The molecule has 5 nitrogen and oxygen atoms in total. The van der Waals surface area contributed by atoms with Crippen LogP contribution < -0.4 is 10.2 Å². The zero-order chi connectivity index (χ0) is 19.3. The number of amides is 1. The van der Waals surface area contributed by atoms with E-state index in [0.717, 1.165) is 11.9 Å². The number of piperazine rings is 1. The molecular formula is C19H21F3N4O. The number of hydrogen-bond acceptors (Lipinski definition) is 4. The fourth-order valence-electron chi connectivity index (χ4n) is 3.07. The van der Waals surface area contributed by atoms with E-state index in [9.17, 15) is 18.0 Å². The predicted octanol–water partition coefficient (Wildman–Crippen LogP) is 3.25. The van der Waals surface area contributed by atoms with Crippen molar-refractivity contribution in [2.75, 3.05) is 42.9 Å². The van der Waals surface area contributed by atoms with Crippen LogP contribution in [0.25, 0.3) is 0 Å². The smallest absolute Gasteiger partial charge is 0.384 e. The van der Waals surface area contributed by atoms with Crippen molar-refractivity contribution in [3.63, 3.8) is 0 Å². The predicted molar refractivity (Wildman–Crippen MR) is 97.6 cm³/mol. The molecule has 27 heavy (non-hydrogen) atoms. The summed E-state index contributed by atoms with van der Waals surface area (Å²) in [5.74, 6) is 0.822. The van der Waals surface area contributed by atoms with Crippen molar-refractivity contribution in [3.8, 4) is 0 Å². The van der Waals surface area contributed by atoms with E-state index in [1.807, 2.05) is 18.2 Å². The number of rotatable bonds is 5. The number of carbonyl (C=O) groups is 1. The second-order valence-corrected chi connectivity index (χ2v) is 6.28. The number of benzene rings is 1. The van der Waals surface area contributed by atoms with Crippen molar-refractivity contribution in [2.24, 2.45) is 0 Å². The molecule has 0 aliphatic carbocycles. The van der Waals surface area contributed by atoms with Gasteiger partial charge >= 0.3 is 6.18 Å². The highest BCUT2D eigenvalue weighted by Crippen LogP contribution is 2.34. The van der Waals surface area contributed by atoms with Crippen molar-refractivity contribution >= 4 is 17.4 Å². The van der Waals surface area contributed by atoms with Gasteiger partial charge in [0.25, 0.3) is 0 Å². The van der Waals surface area contributed by atoms with E-state index >= 15 is 0 Å². The normalized spacial score (nSPS) is 14.9. The van der Waals surface area contributed by atoms with E-state index in [-0.39, 0.29) is 24.6 Å². The SMILES string of the molecule is O=C(CCNc1ccccc1C(F)(F)F)N1CCN(c2ccccn2)CC1. The summed E-state index contributed by atoms with van der Waals surface area (Å²) in [4.78, 5) is 20.5. The minimum Gasteiger partial charge on any atom is -0.384 e. The molecule has 1 N–H and O–H groups in total. The maximum absolute atomic E-state index is 13.0. The van der Waals surface area contributed by atoms with Gasteiger partial charge in [0.2, 0.25) is 5.91 Å². The first-order valence-corrected chi connectivity index (χ1v) is 8.79. The molecule has 0 bridgehead atoms. The van der Waals surface area contributed by atoms with Crippen LogP contribution in [0.1, 0.15) is 12.0 Å². The van der Waals surface area contributed by atoms with Crippen LogP contribution in [0, 0.1) is 0 Å². The molecule has 1 aliphatic rings. The van der Waals surface area contributed by atoms with Gasteiger partial charge < -0.3 is 15.1 Å².